The van der Waals surface area contributed by atoms with Gasteiger partial charge in [0.25, 0.3) is 10.0 Å². The first kappa shape index (κ1) is 23.2. The highest BCUT2D eigenvalue weighted by Gasteiger charge is 2.17. The van der Waals surface area contributed by atoms with E-state index in [4.69, 9.17) is 9.47 Å². The lowest BCUT2D eigenvalue weighted by atomic mass is 10.2. The maximum Gasteiger partial charge on any atom is 0.343 e. The lowest BCUT2D eigenvalue weighted by Crippen LogP contribution is -2.15. The molecule has 0 fully saturated rings. The summed E-state index contributed by atoms with van der Waals surface area (Å²) >= 11 is 0. The van der Waals surface area contributed by atoms with Crippen LogP contribution in [0.1, 0.15) is 35.7 Å². The van der Waals surface area contributed by atoms with Gasteiger partial charge in [-0.2, -0.15) is 0 Å². The standard InChI is InChI=1S/C21H25NO7S/c1-4-5-12-28-21(24)16-6-8-17(9-7-16)22-30(25,26)18-10-11-19(15(2)13-18)29-14-20(23)27-3/h6-11,13,22H,4-5,12,14H2,1-3H3. The van der Waals surface area contributed by atoms with Gasteiger partial charge in [0.1, 0.15) is 5.75 Å². The third-order valence-corrected chi connectivity index (χ3v) is 5.51. The Morgan fingerprint density at radius 2 is 1.77 bits per heavy atom. The fourth-order valence-electron chi connectivity index (χ4n) is 2.43. The average Bonchev–Trinajstić information content (AvgIpc) is 2.72. The van der Waals surface area contributed by atoms with Crippen LogP contribution in [0, 0.1) is 6.92 Å². The second-order valence-electron chi connectivity index (χ2n) is 6.46. The Morgan fingerprint density at radius 3 is 2.37 bits per heavy atom. The van der Waals surface area contributed by atoms with Crippen LogP contribution in [-0.4, -0.2) is 40.7 Å². The number of carbonyl (C=O) groups excluding carboxylic acids is 2. The lowest BCUT2D eigenvalue weighted by Gasteiger charge is -2.12. The van der Waals surface area contributed by atoms with E-state index in [1.54, 1.807) is 6.92 Å². The topological polar surface area (TPSA) is 108 Å². The number of aryl methyl sites for hydroxylation is 1. The van der Waals surface area contributed by atoms with E-state index in [0.717, 1.165) is 12.8 Å². The summed E-state index contributed by atoms with van der Waals surface area (Å²) in [5.74, 6) is -0.605. The molecule has 0 aliphatic rings. The number of ether oxygens (including phenoxy) is 3. The third-order valence-electron chi connectivity index (χ3n) is 4.13. The third kappa shape index (κ3) is 6.48. The van der Waals surface area contributed by atoms with E-state index in [0.29, 0.717) is 29.2 Å². The summed E-state index contributed by atoms with van der Waals surface area (Å²) < 4.78 is 42.7. The summed E-state index contributed by atoms with van der Waals surface area (Å²) in [4.78, 5) is 23.1. The van der Waals surface area contributed by atoms with Crippen LogP contribution < -0.4 is 9.46 Å². The number of hydrogen-bond donors (Lipinski definition) is 1. The molecule has 0 amide bonds. The van der Waals surface area contributed by atoms with Gasteiger partial charge >= 0.3 is 11.9 Å². The van der Waals surface area contributed by atoms with Crippen molar-refractivity contribution < 1.29 is 32.2 Å². The van der Waals surface area contributed by atoms with Gasteiger partial charge in [-0.25, -0.2) is 18.0 Å². The maximum absolute atomic E-state index is 12.7. The van der Waals surface area contributed by atoms with Crippen LogP contribution in [0.25, 0.3) is 0 Å². The number of nitrogens with one attached hydrogen (secondary N) is 1. The van der Waals surface area contributed by atoms with Crippen molar-refractivity contribution >= 4 is 27.6 Å². The maximum atomic E-state index is 12.7. The molecule has 0 aliphatic carbocycles. The molecule has 1 N–H and O–H groups in total. The number of benzene rings is 2. The van der Waals surface area contributed by atoms with Crippen molar-refractivity contribution in [3.63, 3.8) is 0 Å². The van der Waals surface area contributed by atoms with Crippen molar-refractivity contribution in [1.29, 1.82) is 0 Å². The van der Waals surface area contributed by atoms with Gasteiger partial charge in [0.2, 0.25) is 0 Å². The molecular weight excluding hydrogens is 410 g/mol. The zero-order chi connectivity index (χ0) is 22.1. The second kappa shape index (κ2) is 10.6. The van der Waals surface area contributed by atoms with Crippen LogP contribution >= 0.6 is 0 Å². The van der Waals surface area contributed by atoms with Crippen molar-refractivity contribution in [2.24, 2.45) is 0 Å². The first-order chi connectivity index (χ1) is 14.3. The number of anilines is 1. The van der Waals surface area contributed by atoms with Crippen molar-refractivity contribution in [2.75, 3.05) is 25.0 Å². The summed E-state index contributed by atoms with van der Waals surface area (Å²) in [6.45, 7) is 3.75. The molecule has 0 saturated heterocycles. The second-order valence-corrected chi connectivity index (χ2v) is 8.15. The molecule has 0 aliphatic heterocycles. The fourth-order valence-corrected chi connectivity index (χ4v) is 3.57. The van der Waals surface area contributed by atoms with E-state index in [1.165, 1.54) is 49.6 Å². The van der Waals surface area contributed by atoms with Crippen LogP contribution in [0.4, 0.5) is 5.69 Å². The normalized spacial score (nSPS) is 10.9. The minimum absolute atomic E-state index is 0.0356. The van der Waals surface area contributed by atoms with Gasteiger partial charge in [0, 0.05) is 5.69 Å². The van der Waals surface area contributed by atoms with Gasteiger partial charge in [-0.1, -0.05) is 13.3 Å². The van der Waals surface area contributed by atoms with Crippen molar-refractivity contribution in [3.8, 4) is 5.75 Å². The van der Waals surface area contributed by atoms with Gasteiger partial charge in [-0.05, 0) is 61.4 Å². The molecule has 2 aromatic carbocycles. The highest BCUT2D eigenvalue weighted by molar-refractivity contribution is 7.92. The van der Waals surface area contributed by atoms with Gasteiger partial charge < -0.3 is 14.2 Å². The van der Waals surface area contributed by atoms with Crippen LogP contribution in [-0.2, 0) is 24.3 Å². The Kier molecular flexibility index (Phi) is 8.23. The summed E-state index contributed by atoms with van der Waals surface area (Å²) in [6, 6.07) is 10.3. The molecule has 0 bridgehead atoms. The molecule has 30 heavy (non-hydrogen) atoms. The van der Waals surface area contributed by atoms with Gasteiger partial charge in [-0.3, -0.25) is 4.72 Å². The van der Waals surface area contributed by atoms with Crippen molar-refractivity contribution in [2.45, 2.75) is 31.6 Å². The monoisotopic (exact) mass is 435 g/mol. The number of carbonyl (C=O) groups is 2. The zero-order valence-electron chi connectivity index (χ0n) is 17.1. The largest absolute Gasteiger partial charge is 0.482 e. The highest BCUT2D eigenvalue weighted by Crippen LogP contribution is 2.24. The molecule has 0 saturated carbocycles. The first-order valence-electron chi connectivity index (χ1n) is 9.37. The smallest absolute Gasteiger partial charge is 0.343 e. The van der Waals surface area contributed by atoms with Crippen LogP contribution in [0.5, 0.6) is 5.75 Å². The Labute approximate surface area is 176 Å². The lowest BCUT2D eigenvalue weighted by molar-refractivity contribution is -0.142. The van der Waals surface area contributed by atoms with Gasteiger partial charge in [0.15, 0.2) is 6.61 Å². The Bertz CT molecular complexity index is 985. The molecule has 0 radical (unpaired) electrons. The van der Waals surface area contributed by atoms with E-state index in [9.17, 15) is 18.0 Å². The Balaban J connectivity index is 2.06. The minimum Gasteiger partial charge on any atom is -0.482 e. The molecule has 9 heteroatoms. The molecule has 2 rings (SSSR count). The minimum atomic E-state index is -3.85. The molecule has 0 unspecified atom stereocenters. The quantitative estimate of drug-likeness (QED) is 0.450. The summed E-state index contributed by atoms with van der Waals surface area (Å²) in [6.07, 6.45) is 1.71. The predicted octanol–water partition coefficient (Wildman–Crippen LogP) is 3.30. The number of sulfonamides is 1. The molecule has 0 heterocycles. The first-order valence-corrected chi connectivity index (χ1v) is 10.9. The van der Waals surface area contributed by atoms with Crippen LogP contribution in [0.2, 0.25) is 0 Å². The SMILES string of the molecule is CCCCOC(=O)c1ccc(NS(=O)(=O)c2ccc(OCC(=O)OC)c(C)c2)cc1. The number of esters is 2. The molecule has 0 atom stereocenters. The van der Waals surface area contributed by atoms with Crippen LogP contribution in [0.3, 0.4) is 0 Å². The summed E-state index contributed by atoms with van der Waals surface area (Å²) in [5, 5.41) is 0. The van der Waals surface area contributed by atoms with Crippen molar-refractivity contribution in [3.05, 3.63) is 53.6 Å². The van der Waals surface area contributed by atoms with Crippen molar-refractivity contribution in [1.82, 2.24) is 0 Å². The predicted molar refractivity (Wildman–Crippen MR) is 111 cm³/mol. The molecule has 2 aromatic rings. The van der Waals surface area contributed by atoms with Gasteiger partial charge in [-0.15, -0.1) is 0 Å². The van der Waals surface area contributed by atoms with Crippen LogP contribution in [0.15, 0.2) is 47.4 Å². The average molecular weight is 435 g/mol. The molecule has 0 aromatic heterocycles. The summed E-state index contributed by atoms with van der Waals surface area (Å²) in [7, 11) is -2.60. The van der Waals surface area contributed by atoms with E-state index in [-0.39, 0.29) is 11.5 Å². The number of hydrogen-bond acceptors (Lipinski definition) is 7. The van der Waals surface area contributed by atoms with Gasteiger partial charge in [0.05, 0.1) is 24.2 Å². The number of methoxy groups -OCH3 is 1. The Hall–Kier alpha value is -3.07. The van der Waals surface area contributed by atoms with E-state index in [1.807, 2.05) is 6.92 Å². The fraction of sp³-hybridized carbons (Fsp3) is 0.333. The molecule has 162 valence electrons. The molecule has 0 spiro atoms. The van der Waals surface area contributed by atoms with E-state index >= 15 is 0 Å². The molecule has 8 nitrogen and oxygen atoms in total. The highest BCUT2D eigenvalue weighted by atomic mass is 32.2. The Morgan fingerprint density at radius 1 is 1.07 bits per heavy atom. The summed E-state index contributed by atoms with van der Waals surface area (Å²) in [5.41, 5.74) is 1.20. The zero-order valence-corrected chi connectivity index (χ0v) is 18.0. The molecular formula is C21H25NO7S. The van der Waals surface area contributed by atoms with E-state index in [2.05, 4.69) is 9.46 Å². The van der Waals surface area contributed by atoms with E-state index < -0.39 is 22.0 Å². The number of rotatable bonds is 10. The number of unbranched alkanes of at least 4 members (excludes halogenated alkanes) is 1.